The Balaban J connectivity index is 0.000000561. The molecule has 0 bridgehead atoms. The van der Waals surface area contributed by atoms with Gasteiger partial charge in [-0.3, -0.25) is 9.69 Å². The van der Waals surface area contributed by atoms with E-state index in [0.29, 0.717) is 12.2 Å². The van der Waals surface area contributed by atoms with Crippen LogP contribution in [0.2, 0.25) is 0 Å². The van der Waals surface area contributed by atoms with E-state index in [2.05, 4.69) is 10.2 Å². The molecule has 0 aliphatic carbocycles. The monoisotopic (exact) mass is 347 g/mol. The number of carbonyl (C=O) groups is 3. The number of carboxylic acids is 2. The fraction of sp³-hybridized carbons (Fsp3) is 0.615. The van der Waals surface area contributed by atoms with Gasteiger partial charge in [0.05, 0.1) is 6.04 Å². The number of hydrogen-bond donors (Lipinski definition) is 3. The first-order valence-corrected chi connectivity index (χ1v) is 7.13. The van der Waals surface area contributed by atoms with Crippen LogP contribution in [-0.2, 0) is 19.2 Å². The van der Waals surface area contributed by atoms with Gasteiger partial charge in [0, 0.05) is 18.7 Å². The number of amides is 1. The molecule has 1 unspecified atom stereocenters. The van der Waals surface area contributed by atoms with Crippen molar-refractivity contribution in [3.05, 3.63) is 22.3 Å². The molecule has 1 atom stereocenters. The SMILES string of the molecule is CN1CCCCC1C(=O)NCCO[N+](=O)[O-].O=C(O)/C=C/C(=O)O. The molecule has 0 saturated carbocycles. The van der Waals surface area contributed by atoms with Crippen LogP contribution < -0.4 is 5.32 Å². The maximum atomic E-state index is 11.7. The molecule has 0 radical (unpaired) electrons. The van der Waals surface area contributed by atoms with Crippen LogP contribution in [0.15, 0.2) is 12.2 Å². The first-order valence-electron chi connectivity index (χ1n) is 7.13. The number of aliphatic carboxylic acids is 2. The number of carbonyl (C=O) groups excluding carboxylic acids is 1. The summed E-state index contributed by atoms with van der Waals surface area (Å²) in [5.41, 5.74) is 0. The minimum Gasteiger partial charge on any atom is -0.478 e. The molecule has 1 amide bonds. The zero-order valence-corrected chi connectivity index (χ0v) is 13.2. The summed E-state index contributed by atoms with van der Waals surface area (Å²) >= 11 is 0. The van der Waals surface area contributed by atoms with Crippen LogP contribution in [0.5, 0.6) is 0 Å². The van der Waals surface area contributed by atoms with Crippen molar-refractivity contribution < 1.29 is 34.5 Å². The Labute approximate surface area is 138 Å². The van der Waals surface area contributed by atoms with E-state index >= 15 is 0 Å². The van der Waals surface area contributed by atoms with Crippen molar-refractivity contribution in [3.8, 4) is 0 Å². The predicted molar refractivity (Wildman–Crippen MR) is 80.6 cm³/mol. The minimum atomic E-state index is -1.26. The lowest BCUT2D eigenvalue weighted by Crippen LogP contribution is -2.48. The van der Waals surface area contributed by atoms with Gasteiger partial charge in [0.25, 0.3) is 5.09 Å². The van der Waals surface area contributed by atoms with Crippen molar-refractivity contribution in [1.82, 2.24) is 10.2 Å². The summed E-state index contributed by atoms with van der Waals surface area (Å²) in [6.07, 6.45) is 4.13. The molecular weight excluding hydrogens is 326 g/mol. The number of likely N-dealkylation sites (N-methyl/N-ethyl adjacent to an activating group) is 1. The molecule has 1 fully saturated rings. The van der Waals surface area contributed by atoms with Crippen LogP contribution in [0.3, 0.4) is 0 Å². The number of hydrogen-bond acceptors (Lipinski definition) is 7. The van der Waals surface area contributed by atoms with Crippen LogP contribution >= 0.6 is 0 Å². The van der Waals surface area contributed by atoms with E-state index in [1.807, 2.05) is 11.9 Å². The second kappa shape index (κ2) is 11.8. The van der Waals surface area contributed by atoms with E-state index in [-0.39, 0.29) is 25.1 Å². The van der Waals surface area contributed by atoms with Crippen molar-refractivity contribution in [2.45, 2.75) is 25.3 Å². The van der Waals surface area contributed by atoms with Gasteiger partial charge in [-0.1, -0.05) is 6.42 Å². The highest BCUT2D eigenvalue weighted by molar-refractivity contribution is 5.89. The van der Waals surface area contributed by atoms with Crippen LogP contribution in [0, 0.1) is 10.1 Å². The molecule has 11 nitrogen and oxygen atoms in total. The predicted octanol–water partition coefficient (Wildman–Crippen LogP) is -0.493. The molecule has 1 saturated heterocycles. The average molecular weight is 347 g/mol. The maximum absolute atomic E-state index is 11.7. The van der Waals surface area contributed by atoms with Gasteiger partial charge in [-0.15, -0.1) is 10.1 Å². The first kappa shape index (κ1) is 21.3. The van der Waals surface area contributed by atoms with Gasteiger partial charge in [-0.05, 0) is 26.4 Å². The second-order valence-corrected chi connectivity index (χ2v) is 4.85. The Morgan fingerprint density at radius 1 is 1.29 bits per heavy atom. The Bertz CT molecular complexity index is 464. The quantitative estimate of drug-likeness (QED) is 0.239. The molecule has 0 aromatic heterocycles. The number of rotatable bonds is 7. The lowest BCUT2D eigenvalue weighted by Gasteiger charge is -2.31. The van der Waals surface area contributed by atoms with E-state index in [0.717, 1.165) is 25.8 Å². The number of nitrogens with one attached hydrogen (secondary N) is 1. The molecule has 11 heteroatoms. The molecule has 1 heterocycles. The van der Waals surface area contributed by atoms with Crippen LogP contribution in [0.1, 0.15) is 19.3 Å². The summed E-state index contributed by atoms with van der Waals surface area (Å²) < 4.78 is 0. The summed E-state index contributed by atoms with van der Waals surface area (Å²) in [6, 6.07) is -0.107. The summed E-state index contributed by atoms with van der Waals surface area (Å²) in [6.45, 7) is 0.989. The van der Waals surface area contributed by atoms with Gasteiger partial charge in [0.15, 0.2) is 0 Å². The summed E-state index contributed by atoms with van der Waals surface area (Å²) in [5.74, 6) is -2.59. The molecule has 24 heavy (non-hydrogen) atoms. The molecule has 1 aliphatic rings. The summed E-state index contributed by atoms with van der Waals surface area (Å²) in [5, 5.41) is 27.3. The molecule has 0 spiro atoms. The topological polar surface area (TPSA) is 159 Å². The fourth-order valence-corrected chi connectivity index (χ4v) is 1.96. The summed E-state index contributed by atoms with van der Waals surface area (Å²) in [7, 11) is 1.91. The van der Waals surface area contributed by atoms with E-state index in [4.69, 9.17) is 10.2 Å². The molecule has 136 valence electrons. The van der Waals surface area contributed by atoms with Crippen LogP contribution in [-0.4, -0.2) is 70.8 Å². The van der Waals surface area contributed by atoms with Crippen molar-refractivity contribution in [2.75, 3.05) is 26.7 Å². The third kappa shape index (κ3) is 11.0. The van der Waals surface area contributed by atoms with Gasteiger partial charge in [0.1, 0.15) is 6.61 Å². The molecule has 1 aliphatic heterocycles. The van der Waals surface area contributed by atoms with Crippen molar-refractivity contribution in [2.24, 2.45) is 0 Å². The zero-order valence-electron chi connectivity index (χ0n) is 13.2. The first-order chi connectivity index (χ1) is 11.2. The third-order valence-electron chi connectivity index (χ3n) is 3.04. The largest absolute Gasteiger partial charge is 0.478 e. The van der Waals surface area contributed by atoms with Crippen LogP contribution in [0.25, 0.3) is 0 Å². The molecular formula is C13H21N3O8. The van der Waals surface area contributed by atoms with E-state index in [9.17, 15) is 24.5 Å². The smallest absolute Gasteiger partial charge is 0.328 e. The molecule has 1 rings (SSSR count). The normalized spacial score (nSPS) is 17.5. The average Bonchev–Trinajstić information content (AvgIpc) is 2.50. The molecule has 0 aromatic rings. The number of carboxylic acid groups (broad SMARTS) is 2. The standard InChI is InChI=1S/C9H17N3O4.C4H4O4/c1-11-6-3-2-4-8(11)9(13)10-5-7-16-12(14)15;5-3(6)1-2-4(7)8/h8H,2-7H2,1H3,(H,10,13);1-2H,(H,5,6)(H,7,8)/b;2-1+. The van der Waals surface area contributed by atoms with Gasteiger partial charge in [-0.2, -0.15) is 0 Å². The Morgan fingerprint density at radius 2 is 1.88 bits per heavy atom. The zero-order chi connectivity index (χ0) is 18.5. The second-order valence-electron chi connectivity index (χ2n) is 4.85. The highest BCUT2D eigenvalue weighted by atomic mass is 16.9. The Morgan fingerprint density at radius 3 is 2.33 bits per heavy atom. The third-order valence-corrected chi connectivity index (χ3v) is 3.04. The maximum Gasteiger partial charge on any atom is 0.328 e. The fourth-order valence-electron chi connectivity index (χ4n) is 1.96. The van der Waals surface area contributed by atoms with Crippen LogP contribution in [0.4, 0.5) is 0 Å². The van der Waals surface area contributed by atoms with E-state index < -0.39 is 17.0 Å². The summed E-state index contributed by atoms with van der Waals surface area (Å²) in [4.78, 5) is 46.7. The number of nitrogens with zero attached hydrogens (tertiary/aromatic N) is 2. The van der Waals surface area contributed by atoms with Crippen molar-refractivity contribution in [3.63, 3.8) is 0 Å². The van der Waals surface area contributed by atoms with E-state index in [1.54, 1.807) is 0 Å². The minimum absolute atomic E-state index is 0.0749. The Hall–Kier alpha value is -2.69. The van der Waals surface area contributed by atoms with Gasteiger partial charge >= 0.3 is 11.9 Å². The lowest BCUT2D eigenvalue weighted by molar-refractivity contribution is -0.757. The van der Waals surface area contributed by atoms with Crippen molar-refractivity contribution in [1.29, 1.82) is 0 Å². The lowest BCUT2D eigenvalue weighted by atomic mass is 10.0. The Kier molecular flexibility index (Phi) is 10.5. The highest BCUT2D eigenvalue weighted by Gasteiger charge is 2.25. The molecule has 3 N–H and O–H groups in total. The molecule has 0 aromatic carbocycles. The van der Waals surface area contributed by atoms with E-state index in [1.165, 1.54) is 0 Å². The highest BCUT2D eigenvalue weighted by Crippen LogP contribution is 2.14. The number of piperidine rings is 1. The van der Waals surface area contributed by atoms with Crippen molar-refractivity contribution >= 4 is 17.8 Å². The van der Waals surface area contributed by atoms with Gasteiger partial charge in [-0.25, -0.2) is 9.59 Å². The van der Waals surface area contributed by atoms with Gasteiger partial charge < -0.3 is 20.4 Å². The number of likely N-dealkylation sites (tertiary alicyclic amines) is 1. The van der Waals surface area contributed by atoms with Gasteiger partial charge in [0.2, 0.25) is 5.91 Å².